The highest BCUT2D eigenvalue weighted by atomic mass is 35.5. The Labute approximate surface area is 120 Å². The zero-order valence-electron chi connectivity index (χ0n) is 10.8. The maximum absolute atomic E-state index is 11.5. The molecule has 2 aromatic rings. The third kappa shape index (κ3) is 3.58. The van der Waals surface area contributed by atoms with Gasteiger partial charge in [0.2, 0.25) is 5.95 Å². The second kappa shape index (κ2) is 6.21. The monoisotopic (exact) mass is 292 g/mol. The minimum atomic E-state index is -0.353. The van der Waals surface area contributed by atoms with Crippen LogP contribution in [0.3, 0.4) is 0 Å². The van der Waals surface area contributed by atoms with E-state index >= 15 is 0 Å². The summed E-state index contributed by atoms with van der Waals surface area (Å²) in [5.74, 6) is 0.211. The molecule has 0 atom stereocenters. The van der Waals surface area contributed by atoms with E-state index in [0.29, 0.717) is 18.0 Å². The number of rotatable bonds is 4. The van der Waals surface area contributed by atoms with E-state index in [9.17, 15) is 4.79 Å². The molecule has 0 aliphatic heterocycles. The summed E-state index contributed by atoms with van der Waals surface area (Å²) in [5.41, 5.74) is 6.73. The number of nitrogen functional groups attached to an aromatic ring is 1. The van der Waals surface area contributed by atoms with Gasteiger partial charge >= 0.3 is 5.97 Å². The number of nitrogens with two attached hydrogens (primary N) is 1. The quantitative estimate of drug-likeness (QED) is 0.665. The molecule has 6 nitrogen and oxygen atoms in total. The predicted octanol–water partition coefficient (Wildman–Crippen LogP) is 2.63. The minimum absolute atomic E-state index is 0.0862. The van der Waals surface area contributed by atoms with Crippen LogP contribution in [0.1, 0.15) is 17.3 Å². The average molecular weight is 293 g/mol. The van der Waals surface area contributed by atoms with E-state index in [-0.39, 0.29) is 17.1 Å². The van der Waals surface area contributed by atoms with Crippen molar-refractivity contribution >= 4 is 35.0 Å². The first-order valence-corrected chi connectivity index (χ1v) is 6.30. The van der Waals surface area contributed by atoms with Crippen LogP contribution in [-0.2, 0) is 4.74 Å². The van der Waals surface area contributed by atoms with Crippen molar-refractivity contribution in [1.82, 2.24) is 9.97 Å². The molecule has 0 aliphatic rings. The van der Waals surface area contributed by atoms with Gasteiger partial charge in [0.15, 0.2) is 0 Å². The summed E-state index contributed by atoms with van der Waals surface area (Å²) < 4.78 is 4.90. The fourth-order valence-corrected chi connectivity index (χ4v) is 1.74. The van der Waals surface area contributed by atoms with Gasteiger partial charge < -0.3 is 15.8 Å². The van der Waals surface area contributed by atoms with Crippen LogP contribution in [0.25, 0.3) is 0 Å². The number of esters is 1. The van der Waals surface area contributed by atoms with Gasteiger partial charge in [0.25, 0.3) is 0 Å². The third-order valence-corrected chi connectivity index (χ3v) is 2.57. The highest BCUT2D eigenvalue weighted by molar-refractivity contribution is 6.29. The van der Waals surface area contributed by atoms with Crippen LogP contribution in [0.2, 0.25) is 5.15 Å². The van der Waals surface area contributed by atoms with E-state index in [0.717, 1.165) is 5.69 Å². The van der Waals surface area contributed by atoms with Crippen LogP contribution in [0.15, 0.2) is 30.3 Å². The van der Waals surface area contributed by atoms with Crippen LogP contribution in [-0.4, -0.2) is 22.5 Å². The number of hydrogen-bond donors (Lipinski definition) is 2. The number of carbonyl (C=O) groups is 1. The topological polar surface area (TPSA) is 90.1 Å². The SMILES string of the molecule is CCOC(=O)c1ccc(Nc2cc(Cl)nc(N)n2)cc1. The Morgan fingerprint density at radius 3 is 2.65 bits per heavy atom. The number of aromatic nitrogens is 2. The van der Waals surface area contributed by atoms with Crippen LogP contribution < -0.4 is 11.1 Å². The van der Waals surface area contributed by atoms with Crippen molar-refractivity contribution in [3.8, 4) is 0 Å². The van der Waals surface area contributed by atoms with Crippen molar-refractivity contribution in [3.05, 3.63) is 41.0 Å². The first-order chi connectivity index (χ1) is 9.58. The first kappa shape index (κ1) is 14.1. The van der Waals surface area contributed by atoms with Gasteiger partial charge in [-0.3, -0.25) is 0 Å². The predicted molar refractivity (Wildman–Crippen MR) is 77.1 cm³/mol. The molecule has 0 aliphatic carbocycles. The molecular formula is C13H13ClN4O2. The Kier molecular flexibility index (Phi) is 4.37. The molecule has 20 heavy (non-hydrogen) atoms. The number of benzene rings is 1. The number of anilines is 3. The summed E-state index contributed by atoms with van der Waals surface area (Å²) >= 11 is 5.79. The van der Waals surface area contributed by atoms with Gasteiger partial charge in [-0.25, -0.2) is 9.78 Å². The highest BCUT2D eigenvalue weighted by Crippen LogP contribution is 2.18. The number of carbonyl (C=O) groups excluding carboxylic acids is 1. The lowest BCUT2D eigenvalue weighted by Crippen LogP contribution is -2.04. The maximum atomic E-state index is 11.5. The number of ether oxygens (including phenoxy) is 1. The van der Waals surface area contributed by atoms with Gasteiger partial charge in [0, 0.05) is 11.8 Å². The molecule has 104 valence electrons. The molecule has 0 radical (unpaired) electrons. The lowest BCUT2D eigenvalue weighted by atomic mass is 10.2. The molecule has 0 unspecified atom stereocenters. The molecule has 1 aromatic heterocycles. The Morgan fingerprint density at radius 2 is 2.05 bits per heavy atom. The molecule has 0 fully saturated rings. The standard InChI is InChI=1S/C13H13ClN4O2/c1-2-20-12(19)8-3-5-9(6-4-8)16-11-7-10(14)17-13(15)18-11/h3-7H,2H2,1H3,(H3,15,16,17,18). The molecule has 2 rings (SSSR count). The summed E-state index contributed by atoms with van der Waals surface area (Å²) in [6, 6.07) is 8.34. The first-order valence-electron chi connectivity index (χ1n) is 5.92. The summed E-state index contributed by atoms with van der Waals surface area (Å²) in [4.78, 5) is 19.3. The van der Waals surface area contributed by atoms with Crippen LogP contribution in [0, 0.1) is 0 Å². The van der Waals surface area contributed by atoms with Crippen molar-refractivity contribution < 1.29 is 9.53 Å². The van der Waals surface area contributed by atoms with Crippen molar-refractivity contribution in [1.29, 1.82) is 0 Å². The van der Waals surface area contributed by atoms with Crippen LogP contribution in [0.5, 0.6) is 0 Å². The number of nitrogens with zero attached hydrogens (tertiary/aromatic N) is 2. The molecule has 0 spiro atoms. The zero-order valence-corrected chi connectivity index (χ0v) is 11.5. The fourth-order valence-electron chi connectivity index (χ4n) is 1.55. The number of hydrogen-bond acceptors (Lipinski definition) is 6. The van der Waals surface area contributed by atoms with E-state index in [1.165, 1.54) is 0 Å². The van der Waals surface area contributed by atoms with Crippen molar-refractivity contribution in [3.63, 3.8) is 0 Å². The summed E-state index contributed by atoms with van der Waals surface area (Å²) in [6.45, 7) is 2.11. The number of halogens is 1. The molecule has 1 heterocycles. The number of nitrogens with one attached hydrogen (secondary N) is 1. The van der Waals surface area contributed by atoms with E-state index in [4.69, 9.17) is 22.1 Å². The maximum Gasteiger partial charge on any atom is 0.338 e. The van der Waals surface area contributed by atoms with Crippen molar-refractivity contribution in [2.75, 3.05) is 17.7 Å². The summed E-state index contributed by atoms with van der Waals surface area (Å²) in [7, 11) is 0. The fraction of sp³-hybridized carbons (Fsp3) is 0.154. The van der Waals surface area contributed by atoms with E-state index in [1.807, 2.05) is 0 Å². The summed E-state index contributed by atoms with van der Waals surface area (Å²) in [5, 5.41) is 3.27. The van der Waals surface area contributed by atoms with Crippen molar-refractivity contribution in [2.24, 2.45) is 0 Å². The molecule has 0 amide bonds. The minimum Gasteiger partial charge on any atom is -0.462 e. The Morgan fingerprint density at radius 1 is 1.35 bits per heavy atom. The average Bonchev–Trinajstić information content (AvgIpc) is 2.38. The molecule has 1 aromatic carbocycles. The molecular weight excluding hydrogens is 280 g/mol. The van der Waals surface area contributed by atoms with Crippen LogP contribution in [0.4, 0.5) is 17.5 Å². The zero-order chi connectivity index (χ0) is 14.5. The molecule has 0 saturated heterocycles. The van der Waals surface area contributed by atoms with Crippen LogP contribution >= 0.6 is 11.6 Å². The normalized spacial score (nSPS) is 10.1. The van der Waals surface area contributed by atoms with Crippen molar-refractivity contribution in [2.45, 2.75) is 6.92 Å². The second-order valence-electron chi connectivity index (χ2n) is 3.86. The lowest BCUT2D eigenvalue weighted by molar-refractivity contribution is 0.0526. The van der Waals surface area contributed by atoms with Gasteiger partial charge in [-0.05, 0) is 31.2 Å². The molecule has 3 N–H and O–H groups in total. The largest absolute Gasteiger partial charge is 0.462 e. The van der Waals surface area contributed by atoms with Gasteiger partial charge in [0.05, 0.1) is 12.2 Å². The molecule has 7 heteroatoms. The van der Waals surface area contributed by atoms with Gasteiger partial charge in [-0.15, -0.1) is 0 Å². The Bertz CT molecular complexity index is 596. The van der Waals surface area contributed by atoms with Gasteiger partial charge in [0.1, 0.15) is 11.0 Å². The van der Waals surface area contributed by atoms with Gasteiger partial charge in [-0.1, -0.05) is 11.6 Å². The molecule has 0 bridgehead atoms. The van der Waals surface area contributed by atoms with Gasteiger partial charge in [-0.2, -0.15) is 4.98 Å². The Balaban J connectivity index is 2.12. The third-order valence-electron chi connectivity index (χ3n) is 2.38. The second-order valence-corrected chi connectivity index (χ2v) is 4.24. The van der Waals surface area contributed by atoms with E-state index < -0.39 is 0 Å². The Hall–Kier alpha value is -2.34. The highest BCUT2D eigenvalue weighted by Gasteiger charge is 2.06. The summed E-state index contributed by atoms with van der Waals surface area (Å²) in [6.07, 6.45) is 0. The lowest BCUT2D eigenvalue weighted by Gasteiger charge is -2.07. The smallest absolute Gasteiger partial charge is 0.338 e. The van der Waals surface area contributed by atoms with E-state index in [2.05, 4.69) is 15.3 Å². The van der Waals surface area contributed by atoms with E-state index in [1.54, 1.807) is 37.3 Å². The molecule has 0 saturated carbocycles.